The Kier molecular flexibility index (Phi) is 5.84. The molecule has 6 nitrogen and oxygen atoms in total. The Balaban J connectivity index is 1.41. The van der Waals surface area contributed by atoms with Crippen LogP contribution >= 0.6 is 0 Å². The summed E-state index contributed by atoms with van der Waals surface area (Å²) in [6.45, 7) is 13.6. The van der Waals surface area contributed by atoms with E-state index in [0.29, 0.717) is 0 Å². The fourth-order valence-electron chi connectivity index (χ4n) is 8.14. The standard InChI is InChI=1S/C47H36N4O2/c1-46(2,3)24-18-28-29-19-25(47(4,5)6)21-33-41(29)51-40(28)32(20-24)42-44-30(26-12-7-9-16-38(26)52-44)22-36(49-42)34-14-11-15-35(48-34)37-23-31-27-13-8-10-17-39(27)53-45(31)43(33)50-37/h7-23,51H,1-6H3. The number of aromatic amines is 1. The predicted octanol–water partition coefficient (Wildman–Crippen LogP) is 12.9. The topological polar surface area (TPSA) is 80.7 Å². The molecule has 8 bridgehead atoms. The van der Waals surface area contributed by atoms with E-state index in [4.69, 9.17) is 23.8 Å². The summed E-state index contributed by atoms with van der Waals surface area (Å²) in [4.78, 5) is 20.2. The van der Waals surface area contributed by atoms with E-state index < -0.39 is 0 Å². The molecule has 6 heteroatoms. The summed E-state index contributed by atoms with van der Waals surface area (Å²) < 4.78 is 13.4. The van der Waals surface area contributed by atoms with Gasteiger partial charge in [0.25, 0.3) is 0 Å². The van der Waals surface area contributed by atoms with Crippen molar-refractivity contribution in [2.45, 2.75) is 52.4 Å². The van der Waals surface area contributed by atoms with Gasteiger partial charge in [-0.1, -0.05) is 84.0 Å². The smallest absolute Gasteiger partial charge is 0.161 e. The number of pyridine rings is 3. The quantitative estimate of drug-likeness (QED) is 0.171. The number of benzene rings is 4. The SMILES string of the molecule is CC(C)(C)c1cc2c3[nH]c4c(cc(C(C)(C)C)cc4c3c1)-c1nc(cc3c1oc1ccccc13)-c1cccc(n1)-c1cc3c(oc4ccccc43)c-2n1. The van der Waals surface area contributed by atoms with E-state index in [1.54, 1.807) is 0 Å². The van der Waals surface area contributed by atoms with Crippen LogP contribution in [0, 0.1) is 0 Å². The summed E-state index contributed by atoms with van der Waals surface area (Å²) in [6, 6.07) is 36.1. The van der Waals surface area contributed by atoms with Crippen LogP contribution in [-0.2, 0) is 10.8 Å². The molecule has 0 fully saturated rings. The first kappa shape index (κ1) is 30.4. The van der Waals surface area contributed by atoms with Crippen molar-refractivity contribution in [2.24, 2.45) is 0 Å². The number of furan rings is 2. The molecule has 0 saturated carbocycles. The molecule has 0 amide bonds. The third-order valence-electron chi connectivity index (χ3n) is 11.1. The highest BCUT2D eigenvalue weighted by molar-refractivity contribution is 6.20. The van der Waals surface area contributed by atoms with Crippen molar-refractivity contribution >= 4 is 65.7 Å². The van der Waals surface area contributed by atoms with Gasteiger partial charge in [-0.25, -0.2) is 15.0 Å². The highest BCUT2D eigenvalue weighted by Gasteiger charge is 2.28. The molecule has 256 valence electrons. The molecule has 0 unspecified atom stereocenters. The number of H-pyrrole nitrogens is 1. The highest BCUT2D eigenvalue weighted by Crippen LogP contribution is 2.47. The third kappa shape index (κ3) is 4.35. The maximum atomic E-state index is 6.71. The van der Waals surface area contributed by atoms with E-state index in [1.165, 1.54) is 11.1 Å². The highest BCUT2D eigenvalue weighted by atomic mass is 16.3. The first-order valence-electron chi connectivity index (χ1n) is 18.3. The number of aromatic nitrogens is 4. The van der Waals surface area contributed by atoms with Gasteiger partial charge in [-0.15, -0.1) is 0 Å². The minimum atomic E-state index is -0.142. The van der Waals surface area contributed by atoms with Crippen molar-refractivity contribution in [1.82, 2.24) is 19.9 Å². The van der Waals surface area contributed by atoms with Crippen LogP contribution in [0.25, 0.3) is 111 Å². The van der Waals surface area contributed by atoms with Crippen molar-refractivity contribution in [3.8, 4) is 45.3 Å². The normalized spacial score (nSPS) is 13.1. The van der Waals surface area contributed by atoms with Crippen molar-refractivity contribution in [3.63, 3.8) is 0 Å². The number of hydrogen-bond acceptors (Lipinski definition) is 5. The zero-order valence-corrected chi connectivity index (χ0v) is 30.5. The second-order valence-corrected chi connectivity index (χ2v) is 16.6. The molecule has 10 aromatic rings. The van der Waals surface area contributed by atoms with Gasteiger partial charge in [0.1, 0.15) is 22.6 Å². The Morgan fingerprint density at radius 1 is 0.434 bits per heavy atom. The van der Waals surface area contributed by atoms with E-state index in [2.05, 4.69) is 113 Å². The summed E-state index contributed by atoms with van der Waals surface area (Å²) in [5.74, 6) is 0. The fourth-order valence-corrected chi connectivity index (χ4v) is 8.14. The van der Waals surface area contributed by atoms with E-state index in [1.807, 2.05) is 36.4 Å². The van der Waals surface area contributed by atoms with Crippen molar-refractivity contribution in [3.05, 3.63) is 114 Å². The molecule has 0 aliphatic carbocycles. The van der Waals surface area contributed by atoms with Crippen LogP contribution in [-0.4, -0.2) is 19.9 Å². The molecule has 0 spiro atoms. The van der Waals surface area contributed by atoms with Gasteiger partial charge in [-0.05, 0) is 82.6 Å². The molecule has 11 rings (SSSR count). The predicted molar refractivity (Wildman–Crippen MR) is 216 cm³/mol. The van der Waals surface area contributed by atoms with Gasteiger partial charge in [0, 0.05) is 43.4 Å². The molecule has 1 N–H and O–H groups in total. The minimum Gasteiger partial charge on any atom is -0.454 e. The molecule has 4 aromatic carbocycles. The summed E-state index contributed by atoms with van der Waals surface area (Å²) in [6.07, 6.45) is 0. The van der Waals surface area contributed by atoms with Crippen LogP contribution in [0.5, 0.6) is 0 Å². The maximum Gasteiger partial charge on any atom is 0.161 e. The number of nitrogens with one attached hydrogen (secondary N) is 1. The molecular weight excluding hydrogens is 653 g/mol. The lowest BCUT2D eigenvalue weighted by Crippen LogP contribution is -2.11. The van der Waals surface area contributed by atoms with Crippen LogP contribution in [0.15, 0.2) is 112 Å². The minimum absolute atomic E-state index is 0.142. The number of hydrogen-bond donors (Lipinski definition) is 1. The number of rotatable bonds is 0. The summed E-state index contributed by atoms with van der Waals surface area (Å²) in [7, 11) is 0. The van der Waals surface area contributed by atoms with Gasteiger partial charge in [0.15, 0.2) is 11.2 Å². The zero-order valence-electron chi connectivity index (χ0n) is 30.5. The average Bonchev–Trinajstić information content (AvgIpc) is 3.84. The van der Waals surface area contributed by atoms with Crippen molar-refractivity contribution < 1.29 is 8.83 Å². The third-order valence-corrected chi connectivity index (χ3v) is 11.1. The van der Waals surface area contributed by atoms with Crippen LogP contribution in [0.1, 0.15) is 52.7 Å². The summed E-state index contributed by atoms with van der Waals surface area (Å²) in [5.41, 5.74) is 13.9. The van der Waals surface area contributed by atoms with Crippen LogP contribution in [0.4, 0.5) is 0 Å². The van der Waals surface area contributed by atoms with Gasteiger partial charge in [0.05, 0.1) is 33.8 Å². The van der Waals surface area contributed by atoms with Gasteiger partial charge in [-0.3, -0.25) is 0 Å². The molecule has 6 aromatic heterocycles. The maximum absolute atomic E-state index is 6.71. The molecule has 0 radical (unpaired) electrons. The monoisotopic (exact) mass is 688 g/mol. The fraction of sp³-hybridized carbons (Fsp3) is 0.170. The number of nitrogens with zero attached hydrogens (tertiary/aromatic N) is 3. The molecule has 0 atom stereocenters. The van der Waals surface area contributed by atoms with Crippen LogP contribution in [0.3, 0.4) is 0 Å². The zero-order chi connectivity index (χ0) is 36.0. The summed E-state index contributed by atoms with van der Waals surface area (Å²) >= 11 is 0. The lowest BCUT2D eigenvalue weighted by Gasteiger charge is -2.21. The Labute approximate surface area is 305 Å². The van der Waals surface area contributed by atoms with Crippen molar-refractivity contribution in [1.29, 1.82) is 0 Å². The van der Waals surface area contributed by atoms with Gasteiger partial charge in [0.2, 0.25) is 0 Å². The van der Waals surface area contributed by atoms with Crippen molar-refractivity contribution in [2.75, 3.05) is 0 Å². The first-order valence-corrected chi connectivity index (χ1v) is 18.3. The molecule has 1 aliphatic rings. The first-order chi connectivity index (χ1) is 25.5. The Hall–Kier alpha value is -6.27. The summed E-state index contributed by atoms with van der Waals surface area (Å²) in [5, 5.41) is 6.38. The van der Waals surface area contributed by atoms with Crippen LogP contribution < -0.4 is 0 Å². The van der Waals surface area contributed by atoms with E-state index in [-0.39, 0.29) is 10.8 Å². The van der Waals surface area contributed by atoms with E-state index >= 15 is 0 Å². The average molecular weight is 689 g/mol. The lowest BCUT2D eigenvalue weighted by molar-refractivity contribution is 0.590. The lowest BCUT2D eigenvalue weighted by atomic mass is 9.83. The molecule has 0 saturated heterocycles. The Morgan fingerprint density at radius 2 is 0.887 bits per heavy atom. The number of fused-ring (bicyclic) bond motifs is 19. The van der Waals surface area contributed by atoms with Gasteiger partial charge >= 0.3 is 0 Å². The molecule has 7 heterocycles. The van der Waals surface area contributed by atoms with Crippen LogP contribution in [0.2, 0.25) is 0 Å². The molecule has 53 heavy (non-hydrogen) atoms. The Morgan fingerprint density at radius 3 is 1.34 bits per heavy atom. The second kappa shape index (κ2) is 10.2. The Bertz CT molecular complexity index is 2990. The van der Waals surface area contributed by atoms with E-state index in [9.17, 15) is 0 Å². The second-order valence-electron chi connectivity index (χ2n) is 16.6. The van der Waals surface area contributed by atoms with Gasteiger partial charge in [-0.2, -0.15) is 0 Å². The van der Waals surface area contributed by atoms with E-state index in [0.717, 1.165) is 111 Å². The number of para-hydroxylation sites is 2. The molecular formula is C47H36N4O2. The largest absolute Gasteiger partial charge is 0.454 e. The molecule has 1 aliphatic heterocycles. The van der Waals surface area contributed by atoms with Gasteiger partial charge < -0.3 is 13.8 Å².